The second-order valence-electron chi connectivity index (χ2n) is 5.19. The molecule has 0 bridgehead atoms. The van der Waals surface area contributed by atoms with E-state index in [-0.39, 0.29) is 12.5 Å². The molecule has 20 heavy (non-hydrogen) atoms. The number of rotatable bonds is 4. The van der Waals surface area contributed by atoms with Gasteiger partial charge < -0.3 is 15.3 Å². The second-order valence-corrected chi connectivity index (χ2v) is 5.19. The van der Waals surface area contributed by atoms with Gasteiger partial charge in [-0.25, -0.2) is 0 Å². The van der Waals surface area contributed by atoms with Gasteiger partial charge in [-0.1, -0.05) is 17.7 Å². The molecule has 1 atom stereocenters. The van der Waals surface area contributed by atoms with E-state index in [1.54, 1.807) is 0 Å². The summed E-state index contributed by atoms with van der Waals surface area (Å²) in [6, 6.07) is 3.99. The monoisotopic (exact) mass is 278 g/mol. The van der Waals surface area contributed by atoms with Crippen molar-refractivity contribution in [2.24, 2.45) is 0 Å². The molecule has 0 aliphatic rings. The van der Waals surface area contributed by atoms with E-state index in [1.165, 1.54) is 18.9 Å². The van der Waals surface area contributed by atoms with Crippen LogP contribution in [0.25, 0.3) is 0 Å². The molecule has 0 fully saturated rings. The molecule has 2 N–H and O–H groups in total. The maximum Gasteiger partial charge on any atom is 0.251 e. The van der Waals surface area contributed by atoms with E-state index in [9.17, 15) is 14.7 Å². The summed E-state index contributed by atoms with van der Waals surface area (Å²) in [5.74, 6) is -0.756. The van der Waals surface area contributed by atoms with Crippen LogP contribution in [0.4, 0.5) is 5.69 Å². The van der Waals surface area contributed by atoms with Crippen LogP contribution in [-0.2, 0) is 9.59 Å². The van der Waals surface area contributed by atoms with Crippen molar-refractivity contribution in [3.05, 3.63) is 28.8 Å². The van der Waals surface area contributed by atoms with Gasteiger partial charge in [0.25, 0.3) is 5.91 Å². The molecule has 2 amide bonds. The first-order chi connectivity index (χ1) is 9.22. The second kappa shape index (κ2) is 6.52. The fourth-order valence-electron chi connectivity index (χ4n) is 2.17. The number of carbonyl (C=O) groups excluding carboxylic acids is 2. The first-order valence-electron chi connectivity index (χ1n) is 6.53. The Hall–Kier alpha value is -1.88. The number of anilines is 1. The van der Waals surface area contributed by atoms with Gasteiger partial charge in [0.05, 0.1) is 6.54 Å². The van der Waals surface area contributed by atoms with Crippen LogP contribution in [0.2, 0.25) is 0 Å². The Kier molecular flexibility index (Phi) is 5.27. The number of likely N-dealkylation sites (N-methyl/N-ethyl adjacent to an activating group) is 1. The third kappa shape index (κ3) is 4.06. The quantitative estimate of drug-likeness (QED) is 0.874. The smallest absolute Gasteiger partial charge is 0.251 e. The van der Waals surface area contributed by atoms with E-state index in [0.29, 0.717) is 0 Å². The summed E-state index contributed by atoms with van der Waals surface area (Å²) < 4.78 is 0. The lowest BCUT2D eigenvalue weighted by atomic mass is 10.1. The average molecular weight is 278 g/mol. The lowest BCUT2D eigenvalue weighted by Crippen LogP contribution is -2.39. The summed E-state index contributed by atoms with van der Waals surface area (Å²) in [7, 11) is 1.49. The predicted octanol–water partition coefficient (Wildman–Crippen LogP) is 1.39. The maximum absolute atomic E-state index is 12.0. The molecular weight excluding hydrogens is 256 g/mol. The highest BCUT2D eigenvalue weighted by Gasteiger charge is 2.18. The van der Waals surface area contributed by atoms with Gasteiger partial charge in [0.15, 0.2) is 0 Å². The molecule has 5 heteroatoms. The van der Waals surface area contributed by atoms with Gasteiger partial charge in [0, 0.05) is 12.7 Å². The summed E-state index contributed by atoms with van der Waals surface area (Å²) in [5, 5.41) is 12.0. The van der Waals surface area contributed by atoms with Crippen molar-refractivity contribution in [2.45, 2.75) is 33.8 Å². The highest BCUT2D eigenvalue weighted by atomic mass is 16.3. The van der Waals surface area contributed by atoms with Crippen molar-refractivity contribution in [2.75, 3.05) is 18.9 Å². The van der Waals surface area contributed by atoms with Crippen LogP contribution in [0.3, 0.4) is 0 Å². The molecule has 0 aromatic heterocycles. The van der Waals surface area contributed by atoms with Crippen molar-refractivity contribution in [3.63, 3.8) is 0 Å². The Balaban J connectivity index is 2.75. The molecule has 1 unspecified atom stereocenters. The molecule has 0 aliphatic heterocycles. The zero-order valence-corrected chi connectivity index (χ0v) is 12.7. The molecular formula is C15H22N2O3. The topological polar surface area (TPSA) is 69.6 Å². The number of hydrogen-bond acceptors (Lipinski definition) is 3. The summed E-state index contributed by atoms with van der Waals surface area (Å²) in [6.45, 7) is 7.16. The zero-order chi connectivity index (χ0) is 15.4. The molecule has 0 spiro atoms. The Morgan fingerprint density at radius 2 is 1.75 bits per heavy atom. The highest BCUT2D eigenvalue weighted by molar-refractivity contribution is 5.96. The minimum atomic E-state index is -1.10. The van der Waals surface area contributed by atoms with Gasteiger partial charge in [0.1, 0.15) is 6.10 Å². The zero-order valence-electron chi connectivity index (χ0n) is 12.7. The van der Waals surface area contributed by atoms with Crippen LogP contribution in [0, 0.1) is 20.8 Å². The van der Waals surface area contributed by atoms with E-state index < -0.39 is 12.0 Å². The Morgan fingerprint density at radius 1 is 1.25 bits per heavy atom. The van der Waals surface area contributed by atoms with E-state index >= 15 is 0 Å². The van der Waals surface area contributed by atoms with Gasteiger partial charge in [-0.15, -0.1) is 0 Å². The van der Waals surface area contributed by atoms with Crippen molar-refractivity contribution >= 4 is 17.5 Å². The first kappa shape index (κ1) is 16.2. The average Bonchev–Trinajstić information content (AvgIpc) is 2.32. The number of benzene rings is 1. The summed E-state index contributed by atoms with van der Waals surface area (Å²) in [5.41, 5.74) is 3.89. The van der Waals surface area contributed by atoms with Crippen LogP contribution in [0.1, 0.15) is 23.6 Å². The SMILES string of the molecule is Cc1cc(C)c(NC(=O)CN(C)C(=O)C(C)O)c(C)c1. The molecule has 5 nitrogen and oxygen atoms in total. The minimum Gasteiger partial charge on any atom is -0.384 e. The van der Waals surface area contributed by atoms with Crippen LogP contribution >= 0.6 is 0 Å². The Bertz CT molecular complexity index is 501. The van der Waals surface area contributed by atoms with Gasteiger partial charge in [-0.2, -0.15) is 0 Å². The molecule has 1 rings (SSSR count). The van der Waals surface area contributed by atoms with E-state index in [4.69, 9.17) is 0 Å². The molecule has 0 saturated carbocycles. The maximum atomic E-state index is 12.0. The molecule has 0 saturated heterocycles. The van der Waals surface area contributed by atoms with E-state index in [0.717, 1.165) is 22.4 Å². The first-order valence-corrected chi connectivity index (χ1v) is 6.53. The van der Waals surface area contributed by atoms with Crippen LogP contribution in [0.5, 0.6) is 0 Å². The number of aliphatic hydroxyl groups is 1. The molecule has 110 valence electrons. The number of aryl methyl sites for hydroxylation is 3. The molecule has 1 aromatic rings. The third-order valence-electron chi connectivity index (χ3n) is 3.06. The lowest BCUT2D eigenvalue weighted by Gasteiger charge is -2.19. The Labute approximate surface area is 119 Å². The fraction of sp³-hybridized carbons (Fsp3) is 0.467. The standard InChI is InChI=1S/C15H22N2O3/c1-9-6-10(2)14(11(3)7-9)16-13(19)8-17(5)15(20)12(4)18/h6-7,12,18H,8H2,1-5H3,(H,16,19). The minimum absolute atomic E-state index is 0.0868. The number of hydrogen-bond donors (Lipinski definition) is 2. The summed E-state index contributed by atoms with van der Waals surface area (Å²) in [6.07, 6.45) is -1.10. The van der Waals surface area contributed by atoms with Crippen LogP contribution in [0.15, 0.2) is 12.1 Å². The number of aliphatic hydroxyl groups excluding tert-OH is 1. The number of nitrogens with one attached hydrogen (secondary N) is 1. The summed E-state index contributed by atoms with van der Waals surface area (Å²) >= 11 is 0. The van der Waals surface area contributed by atoms with E-state index in [1.807, 2.05) is 32.9 Å². The number of nitrogens with zero attached hydrogens (tertiary/aromatic N) is 1. The normalized spacial score (nSPS) is 11.9. The Morgan fingerprint density at radius 3 is 2.20 bits per heavy atom. The van der Waals surface area contributed by atoms with Crippen molar-refractivity contribution in [1.82, 2.24) is 4.90 Å². The summed E-state index contributed by atoms with van der Waals surface area (Å²) in [4.78, 5) is 24.7. The molecule has 0 aliphatic carbocycles. The fourth-order valence-corrected chi connectivity index (χ4v) is 2.17. The predicted molar refractivity (Wildman–Crippen MR) is 78.6 cm³/mol. The van der Waals surface area contributed by atoms with Gasteiger partial charge in [-0.05, 0) is 38.8 Å². The van der Waals surface area contributed by atoms with Gasteiger partial charge in [0.2, 0.25) is 5.91 Å². The molecule has 0 radical (unpaired) electrons. The van der Waals surface area contributed by atoms with Crippen LogP contribution in [-0.4, -0.2) is 41.5 Å². The highest BCUT2D eigenvalue weighted by Crippen LogP contribution is 2.21. The van der Waals surface area contributed by atoms with Gasteiger partial charge >= 0.3 is 0 Å². The van der Waals surface area contributed by atoms with Crippen LogP contribution < -0.4 is 5.32 Å². The number of amides is 2. The van der Waals surface area contributed by atoms with Crippen molar-refractivity contribution in [3.8, 4) is 0 Å². The van der Waals surface area contributed by atoms with Crippen molar-refractivity contribution < 1.29 is 14.7 Å². The number of carbonyl (C=O) groups is 2. The lowest BCUT2D eigenvalue weighted by molar-refractivity contribution is -0.140. The molecule has 0 heterocycles. The van der Waals surface area contributed by atoms with E-state index in [2.05, 4.69) is 5.32 Å². The molecule has 1 aromatic carbocycles. The third-order valence-corrected chi connectivity index (χ3v) is 3.06. The van der Waals surface area contributed by atoms with Crippen molar-refractivity contribution in [1.29, 1.82) is 0 Å². The van der Waals surface area contributed by atoms with Gasteiger partial charge in [-0.3, -0.25) is 9.59 Å². The largest absolute Gasteiger partial charge is 0.384 e.